The van der Waals surface area contributed by atoms with Gasteiger partial charge in [0.15, 0.2) is 0 Å². The number of hydrogen-bond acceptors (Lipinski definition) is 3. The molecular weight excluding hydrogens is 166 g/mol. The fourth-order valence-electron chi connectivity index (χ4n) is 1.11. The first-order chi connectivity index (χ1) is 6.29. The number of rotatable bonds is 3. The Kier molecular flexibility index (Phi) is 1.93. The topological polar surface area (TPSA) is 52.3 Å². The predicted octanol–water partition coefficient (Wildman–Crippen LogP) is 1.62. The molecule has 68 valence electrons. The molecular formula is C10H11NO2. The summed E-state index contributed by atoms with van der Waals surface area (Å²) in [6.45, 7) is 0. The van der Waals surface area contributed by atoms with Crippen molar-refractivity contribution in [3.63, 3.8) is 0 Å². The minimum absolute atomic E-state index is 0.337. The number of carbonyl (C=O) groups excluding carboxylic acids is 1. The van der Waals surface area contributed by atoms with Gasteiger partial charge in [-0.25, -0.2) is 0 Å². The van der Waals surface area contributed by atoms with Crippen LogP contribution in [0.3, 0.4) is 0 Å². The zero-order valence-electron chi connectivity index (χ0n) is 7.19. The van der Waals surface area contributed by atoms with E-state index in [1.165, 1.54) is 0 Å². The lowest BCUT2D eigenvalue weighted by molar-refractivity contribution is 0.112. The van der Waals surface area contributed by atoms with E-state index in [4.69, 9.17) is 10.5 Å². The molecule has 0 atom stereocenters. The monoisotopic (exact) mass is 177 g/mol. The number of nitrogens with two attached hydrogens (primary N) is 1. The zero-order valence-corrected chi connectivity index (χ0v) is 7.19. The van der Waals surface area contributed by atoms with Crippen LogP contribution in [0.15, 0.2) is 18.2 Å². The highest BCUT2D eigenvalue weighted by atomic mass is 16.5. The second-order valence-electron chi connectivity index (χ2n) is 3.23. The molecule has 3 heteroatoms. The second-order valence-corrected chi connectivity index (χ2v) is 3.23. The lowest BCUT2D eigenvalue weighted by Crippen LogP contribution is -2.00. The van der Waals surface area contributed by atoms with Crippen molar-refractivity contribution >= 4 is 12.0 Å². The number of hydrogen-bond donors (Lipinski definition) is 1. The van der Waals surface area contributed by atoms with Crippen molar-refractivity contribution in [2.24, 2.45) is 0 Å². The minimum atomic E-state index is 0.337. The predicted molar refractivity (Wildman–Crippen MR) is 49.9 cm³/mol. The van der Waals surface area contributed by atoms with E-state index >= 15 is 0 Å². The van der Waals surface area contributed by atoms with Crippen LogP contribution in [0.1, 0.15) is 23.2 Å². The van der Waals surface area contributed by atoms with Gasteiger partial charge in [0.1, 0.15) is 12.0 Å². The maximum absolute atomic E-state index is 10.4. The molecule has 1 aromatic carbocycles. The number of nitrogen functional groups attached to an aromatic ring is 1. The Bertz CT molecular complexity index is 332. The van der Waals surface area contributed by atoms with Crippen LogP contribution in [-0.2, 0) is 0 Å². The summed E-state index contributed by atoms with van der Waals surface area (Å²) in [6.07, 6.45) is 3.32. The Labute approximate surface area is 76.5 Å². The second kappa shape index (κ2) is 3.09. The summed E-state index contributed by atoms with van der Waals surface area (Å²) in [6, 6.07) is 5.09. The van der Waals surface area contributed by atoms with Crippen LogP contribution in [-0.4, -0.2) is 12.4 Å². The summed E-state index contributed by atoms with van der Waals surface area (Å²) in [5, 5.41) is 0. The number of carbonyl (C=O) groups is 1. The Morgan fingerprint density at radius 2 is 2.23 bits per heavy atom. The highest BCUT2D eigenvalue weighted by Crippen LogP contribution is 2.30. The van der Waals surface area contributed by atoms with Gasteiger partial charge in [-0.15, -0.1) is 0 Å². The lowest BCUT2D eigenvalue weighted by Gasteiger charge is -2.07. The van der Waals surface area contributed by atoms with Gasteiger partial charge < -0.3 is 10.5 Å². The molecule has 0 aliphatic heterocycles. The first kappa shape index (κ1) is 8.10. The van der Waals surface area contributed by atoms with Crippen LogP contribution in [0.2, 0.25) is 0 Å². The van der Waals surface area contributed by atoms with Gasteiger partial charge in [-0.3, -0.25) is 4.79 Å². The smallest absolute Gasteiger partial charge is 0.150 e. The van der Waals surface area contributed by atoms with E-state index < -0.39 is 0 Å². The van der Waals surface area contributed by atoms with E-state index in [0.717, 1.165) is 19.1 Å². The fraction of sp³-hybridized carbons (Fsp3) is 0.300. The Morgan fingerprint density at radius 1 is 1.46 bits per heavy atom. The molecule has 2 N–H and O–H groups in total. The molecule has 0 radical (unpaired) electrons. The zero-order chi connectivity index (χ0) is 9.26. The third-order valence-corrected chi connectivity index (χ3v) is 1.99. The van der Waals surface area contributed by atoms with Crippen LogP contribution in [0.25, 0.3) is 0 Å². The third kappa shape index (κ3) is 1.80. The highest BCUT2D eigenvalue weighted by Gasteiger charge is 2.24. The van der Waals surface area contributed by atoms with Crippen molar-refractivity contribution in [2.75, 3.05) is 5.73 Å². The normalized spacial score (nSPS) is 15.4. The van der Waals surface area contributed by atoms with Crippen LogP contribution >= 0.6 is 0 Å². The van der Waals surface area contributed by atoms with Crippen molar-refractivity contribution in [1.82, 2.24) is 0 Å². The Balaban J connectivity index is 2.20. The summed E-state index contributed by atoms with van der Waals surface area (Å²) in [7, 11) is 0. The molecule has 1 fully saturated rings. The summed E-state index contributed by atoms with van der Waals surface area (Å²) < 4.78 is 5.51. The first-order valence-electron chi connectivity index (χ1n) is 4.31. The molecule has 1 aromatic rings. The van der Waals surface area contributed by atoms with Crippen molar-refractivity contribution in [3.8, 4) is 5.75 Å². The molecule has 0 heterocycles. The molecule has 13 heavy (non-hydrogen) atoms. The molecule has 0 aromatic heterocycles. The number of benzene rings is 1. The van der Waals surface area contributed by atoms with Gasteiger partial charge in [-0.05, 0) is 31.0 Å². The van der Waals surface area contributed by atoms with E-state index in [1.54, 1.807) is 18.2 Å². The molecule has 0 saturated heterocycles. The SMILES string of the molecule is Nc1cc(C=O)ccc1OC1CC1. The van der Waals surface area contributed by atoms with Gasteiger partial charge in [-0.1, -0.05) is 0 Å². The van der Waals surface area contributed by atoms with Crippen LogP contribution in [0.4, 0.5) is 5.69 Å². The molecule has 0 spiro atoms. The lowest BCUT2D eigenvalue weighted by atomic mass is 10.2. The van der Waals surface area contributed by atoms with Crippen LogP contribution < -0.4 is 10.5 Å². The fourth-order valence-corrected chi connectivity index (χ4v) is 1.11. The van der Waals surface area contributed by atoms with Crippen LogP contribution in [0.5, 0.6) is 5.75 Å². The van der Waals surface area contributed by atoms with Gasteiger partial charge in [0, 0.05) is 5.56 Å². The number of aldehydes is 1. The van der Waals surface area contributed by atoms with E-state index in [9.17, 15) is 4.79 Å². The summed E-state index contributed by atoms with van der Waals surface area (Å²) in [5.74, 6) is 0.688. The highest BCUT2D eigenvalue weighted by molar-refractivity contribution is 5.78. The molecule has 2 rings (SSSR count). The maximum atomic E-state index is 10.4. The van der Waals surface area contributed by atoms with E-state index in [0.29, 0.717) is 23.1 Å². The average molecular weight is 177 g/mol. The molecule has 1 aliphatic carbocycles. The number of ether oxygens (including phenoxy) is 1. The Hall–Kier alpha value is -1.51. The molecule has 1 aliphatic rings. The van der Waals surface area contributed by atoms with Crippen molar-refractivity contribution in [2.45, 2.75) is 18.9 Å². The Morgan fingerprint density at radius 3 is 2.77 bits per heavy atom. The summed E-state index contributed by atoms with van der Waals surface area (Å²) in [4.78, 5) is 10.4. The van der Waals surface area contributed by atoms with Gasteiger partial charge in [0.05, 0.1) is 11.8 Å². The van der Waals surface area contributed by atoms with Gasteiger partial charge in [-0.2, -0.15) is 0 Å². The molecule has 3 nitrogen and oxygen atoms in total. The van der Waals surface area contributed by atoms with Crippen molar-refractivity contribution in [1.29, 1.82) is 0 Å². The number of anilines is 1. The average Bonchev–Trinajstić information content (AvgIpc) is 2.92. The molecule has 0 amide bonds. The van der Waals surface area contributed by atoms with E-state index in [2.05, 4.69) is 0 Å². The largest absolute Gasteiger partial charge is 0.488 e. The molecule has 0 unspecified atom stereocenters. The van der Waals surface area contributed by atoms with Gasteiger partial charge in [0.2, 0.25) is 0 Å². The standard InChI is InChI=1S/C10H11NO2/c11-9-5-7(6-12)1-4-10(9)13-8-2-3-8/h1,4-6,8H,2-3,11H2. The van der Waals surface area contributed by atoms with E-state index in [1.807, 2.05) is 0 Å². The van der Waals surface area contributed by atoms with Gasteiger partial charge in [0.25, 0.3) is 0 Å². The minimum Gasteiger partial charge on any atom is -0.488 e. The quantitative estimate of drug-likeness (QED) is 0.563. The van der Waals surface area contributed by atoms with E-state index in [-0.39, 0.29) is 0 Å². The molecule has 0 bridgehead atoms. The summed E-state index contributed by atoms with van der Waals surface area (Å²) >= 11 is 0. The third-order valence-electron chi connectivity index (χ3n) is 1.99. The van der Waals surface area contributed by atoms with Crippen molar-refractivity contribution in [3.05, 3.63) is 23.8 Å². The first-order valence-corrected chi connectivity index (χ1v) is 4.31. The van der Waals surface area contributed by atoms with Crippen LogP contribution in [0, 0.1) is 0 Å². The van der Waals surface area contributed by atoms with Gasteiger partial charge >= 0.3 is 0 Å². The van der Waals surface area contributed by atoms with Crippen molar-refractivity contribution < 1.29 is 9.53 Å². The molecule has 1 saturated carbocycles. The summed E-state index contributed by atoms with van der Waals surface area (Å²) in [5.41, 5.74) is 6.81. The maximum Gasteiger partial charge on any atom is 0.150 e.